The molecule has 0 saturated carbocycles. The van der Waals surface area contributed by atoms with E-state index < -0.39 is 10.9 Å². The third kappa shape index (κ3) is 2.96. The molecule has 0 heterocycles. The molecule has 120 valence electrons. The van der Waals surface area contributed by atoms with Crippen LogP contribution in [0.2, 0.25) is 0 Å². The van der Waals surface area contributed by atoms with Gasteiger partial charge in [-0.15, -0.1) is 0 Å². The second-order valence-electron chi connectivity index (χ2n) is 5.42. The second-order valence-corrected chi connectivity index (χ2v) is 5.42. The lowest BCUT2D eigenvalue weighted by molar-refractivity contribution is -0.385. The number of carbonyl (C=O) groups excluding carboxylic acids is 1. The van der Waals surface area contributed by atoms with Crippen molar-refractivity contribution in [2.75, 3.05) is 0 Å². The lowest BCUT2D eigenvalue weighted by atomic mass is 10.1. The average Bonchev–Trinajstić information content (AvgIpc) is 2.59. The van der Waals surface area contributed by atoms with Crippen LogP contribution in [0.3, 0.4) is 0 Å². The van der Waals surface area contributed by atoms with E-state index >= 15 is 0 Å². The van der Waals surface area contributed by atoms with Crippen LogP contribution in [0.5, 0.6) is 0 Å². The van der Waals surface area contributed by atoms with Crippen LogP contribution in [0.25, 0.3) is 10.8 Å². The number of nitrogens with zero attached hydrogens (tertiary/aromatic N) is 1. The van der Waals surface area contributed by atoms with Crippen molar-refractivity contribution in [3.8, 4) is 0 Å². The van der Waals surface area contributed by atoms with Crippen LogP contribution in [-0.2, 0) is 11.3 Å². The van der Waals surface area contributed by atoms with Crippen molar-refractivity contribution < 1.29 is 14.5 Å². The molecule has 5 heteroatoms. The molecule has 0 radical (unpaired) electrons. The Kier molecular flexibility index (Phi) is 4.24. The lowest BCUT2D eigenvalue weighted by Gasteiger charge is -2.09. The fourth-order valence-electron chi connectivity index (χ4n) is 2.68. The third-order valence-corrected chi connectivity index (χ3v) is 3.96. The number of hydrogen-bond acceptors (Lipinski definition) is 4. The number of hydrogen-bond donors (Lipinski definition) is 0. The Morgan fingerprint density at radius 3 is 2.54 bits per heavy atom. The standard InChI is InChI=1S/C19H15NO4/c1-13-16(10-5-11-18(13)20(22)23)19(21)24-12-15-8-4-7-14-6-2-3-9-17(14)15/h2-11H,12H2,1H3. The minimum atomic E-state index is -0.566. The van der Waals surface area contributed by atoms with E-state index in [0.29, 0.717) is 5.56 Å². The van der Waals surface area contributed by atoms with Crippen LogP contribution in [-0.4, -0.2) is 10.9 Å². The Morgan fingerprint density at radius 2 is 1.75 bits per heavy atom. The van der Waals surface area contributed by atoms with Gasteiger partial charge in [0, 0.05) is 11.6 Å². The van der Waals surface area contributed by atoms with E-state index in [1.54, 1.807) is 6.92 Å². The number of carbonyl (C=O) groups is 1. The van der Waals surface area contributed by atoms with Gasteiger partial charge in [0.2, 0.25) is 0 Å². The summed E-state index contributed by atoms with van der Waals surface area (Å²) in [5, 5.41) is 13.1. The lowest BCUT2D eigenvalue weighted by Crippen LogP contribution is -2.08. The Bertz CT molecular complexity index is 928. The number of rotatable bonds is 4. The molecule has 0 aromatic heterocycles. The molecule has 0 aliphatic carbocycles. The summed E-state index contributed by atoms with van der Waals surface area (Å²) in [6.45, 7) is 1.66. The van der Waals surface area contributed by atoms with E-state index in [1.807, 2.05) is 42.5 Å². The van der Waals surface area contributed by atoms with Crippen molar-refractivity contribution in [2.45, 2.75) is 13.5 Å². The molecule has 0 saturated heterocycles. The molecule has 0 unspecified atom stereocenters. The predicted octanol–water partition coefficient (Wildman–Crippen LogP) is 4.41. The Hall–Kier alpha value is -3.21. The number of fused-ring (bicyclic) bond motifs is 1. The number of esters is 1. The molecule has 0 aliphatic rings. The number of nitro groups is 1. The van der Waals surface area contributed by atoms with Gasteiger partial charge in [0.1, 0.15) is 6.61 Å². The van der Waals surface area contributed by atoms with E-state index in [0.717, 1.165) is 16.3 Å². The number of nitro benzene ring substituents is 1. The molecule has 3 rings (SSSR count). The SMILES string of the molecule is Cc1c(C(=O)OCc2cccc3ccccc23)cccc1[N+](=O)[O-]. The highest BCUT2D eigenvalue weighted by Crippen LogP contribution is 2.23. The predicted molar refractivity (Wildman–Crippen MR) is 90.9 cm³/mol. The van der Waals surface area contributed by atoms with Crippen molar-refractivity contribution in [1.82, 2.24) is 0 Å². The number of ether oxygens (including phenoxy) is 1. The third-order valence-electron chi connectivity index (χ3n) is 3.96. The summed E-state index contributed by atoms with van der Waals surface area (Å²) in [4.78, 5) is 22.8. The molecule has 0 bridgehead atoms. The summed E-state index contributed by atoms with van der Waals surface area (Å²) in [6, 6.07) is 18.0. The van der Waals surface area contributed by atoms with Crippen molar-refractivity contribution in [3.63, 3.8) is 0 Å². The summed E-state index contributed by atoms with van der Waals surface area (Å²) < 4.78 is 5.38. The van der Waals surface area contributed by atoms with Crippen LogP contribution in [0.15, 0.2) is 60.7 Å². The van der Waals surface area contributed by atoms with Crippen molar-refractivity contribution in [1.29, 1.82) is 0 Å². The van der Waals surface area contributed by atoms with Gasteiger partial charge in [0.15, 0.2) is 0 Å². The fourth-order valence-corrected chi connectivity index (χ4v) is 2.68. The van der Waals surface area contributed by atoms with Gasteiger partial charge in [-0.05, 0) is 29.3 Å². The molecule has 24 heavy (non-hydrogen) atoms. The Balaban J connectivity index is 1.83. The highest BCUT2D eigenvalue weighted by Gasteiger charge is 2.19. The highest BCUT2D eigenvalue weighted by molar-refractivity contribution is 5.92. The molecule has 5 nitrogen and oxygen atoms in total. The van der Waals surface area contributed by atoms with E-state index in [-0.39, 0.29) is 17.9 Å². The summed E-state index contributed by atoms with van der Waals surface area (Å²) >= 11 is 0. The maximum absolute atomic E-state index is 12.3. The first-order chi connectivity index (χ1) is 11.6. The zero-order valence-corrected chi connectivity index (χ0v) is 13.1. The minimum absolute atomic E-state index is 0.0883. The van der Waals surface area contributed by atoms with Gasteiger partial charge < -0.3 is 4.74 Å². The molecule has 3 aromatic rings. The van der Waals surface area contributed by atoms with Crippen LogP contribution < -0.4 is 0 Å². The first-order valence-electron chi connectivity index (χ1n) is 7.45. The smallest absolute Gasteiger partial charge is 0.338 e. The molecule has 0 spiro atoms. The molecule has 0 amide bonds. The van der Waals surface area contributed by atoms with E-state index in [4.69, 9.17) is 4.74 Å². The van der Waals surface area contributed by atoms with Gasteiger partial charge in [-0.25, -0.2) is 4.79 Å². The van der Waals surface area contributed by atoms with E-state index in [2.05, 4.69) is 0 Å². The van der Waals surface area contributed by atoms with Crippen LogP contribution in [0.4, 0.5) is 5.69 Å². The van der Waals surface area contributed by atoms with E-state index in [1.165, 1.54) is 18.2 Å². The summed E-state index contributed by atoms with van der Waals surface area (Å²) in [5.41, 5.74) is 1.33. The second kappa shape index (κ2) is 6.50. The van der Waals surface area contributed by atoms with E-state index in [9.17, 15) is 14.9 Å². The van der Waals surface area contributed by atoms with Gasteiger partial charge in [-0.1, -0.05) is 48.5 Å². The van der Waals surface area contributed by atoms with Crippen molar-refractivity contribution in [2.24, 2.45) is 0 Å². The first kappa shape index (κ1) is 15.7. The summed E-state index contributed by atoms with van der Waals surface area (Å²) in [7, 11) is 0. The maximum atomic E-state index is 12.3. The Labute approximate surface area is 138 Å². The molecular weight excluding hydrogens is 306 g/mol. The molecule has 0 N–H and O–H groups in total. The van der Waals surface area contributed by atoms with Crippen LogP contribution >= 0.6 is 0 Å². The quantitative estimate of drug-likeness (QED) is 0.405. The number of benzene rings is 3. The van der Waals surface area contributed by atoms with Gasteiger partial charge >= 0.3 is 5.97 Å². The van der Waals surface area contributed by atoms with Gasteiger partial charge in [0.05, 0.1) is 10.5 Å². The molecule has 0 atom stereocenters. The summed E-state index contributed by atoms with van der Waals surface area (Å²) in [6.07, 6.45) is 0. The topological polar surface area (TPSA) is 69.4 Å². The zero-order chi connectivity index (χ0) is 17.1. The maximum Gasteiger partial charge on any atom is 0.338 e. The van der Waals surface area contributed by atoms with Crippen molar-refractivity contribution in [3.05, 3.63) is 87.5 Å². The molecule has 0 aliphatic heterocycles. The highest BCUT2D eigenvalue weighted by atomic mass is 16.6. The van der Waals surface area contributed by atoms with Gasteiger partial charge in [-0.3, -0.25) is 10.1 Å². The fraction of sp³-hybridized carbons (Fsp3) is 0.105. The first-order valence-corrected chi connectivity index (χ1v) is 7.45. The zero-order valence-electron chi connectivity index (χ0n) is 13.1. The van der Waals surface area contributed by atoms with Crippen LogP contribution in [0.1, 0.15) is 21.5 Å². The normalized spacial score (nSPS) is 10.5. The minimum Gasteiger partial charge on any atom is -0.457 e. The molecule has 3 aromatic carbocycles. The van der Waals surface area contributed by atoms with Gasteiger partial charge in [-0.2, -0.15) is 0 Å². The van der Waals surface area contributed by atoms with Crippen molar-refractivity contribution >= 4 is 22.4 Å². The van der Waals surface area contributed by atoms with Gasteiger partial charge in [0.25, 0.3) is 5.69 Å². The largest absolute Gasteiger partial charge is 0.457 e. The van der Waals surface area contributed by atoms with Crippen LogP contribution in [0, 0.1) is 17.0 Å². The average molecular weight is 321 g/mol. The monoisotopic (exact) mass is 321 g/mol. The summed E-state index contributed by atoms with van der Waals surface area (Å²) in [5.74, 6) is -0.566. The Morgan fingerprint density at radius 1 is 1.04 bits per heavy atom. The molecule has 0 fully saturated rings. The molecular formula is C19H15NO4.